The lowest BCUT2D eigenvalue weighted by molar-refractivity contribution is -0.385. The molecule has 0 aliphatic heterocycles. The summed E-state index contributed by atoms with van der Waals surface area (Å²) < 4.78 is 28.0. The van der Waals surface area contributed by atoms with E-state index < -0.39 is 14.9 Å². The molecule has 1 aromatic heterocycles. The molecule has 0 amide bonds. The number of nitrogens with zero attached hydrogens (tertiary/aromatic N) is 3. The van der Waals surface area contributed by atoms with Gasteiger partial charge >= 0.3 is 0 Å². The maximum atomic E-state index is 12.2. The van der Waals surface area contributed by atoms with Crippen molar-refractivity contribution >= 4 is 21.5 Å². The van der Waals surface area contributed by atoms with Crippen molar-refractivity contribution in [1.29, 1.82) is 0 Å². The fraction of sp³-hybridized carbons (Fsp3) is 0.182. The van der Waals surface area contributed by atoms with Crippen LogP contribution < -0.4 is 4.72 Å². The van der Waals surface area contributed by atoms with Gasteiger partial charge in [-0.1, -0.05) is 6.07 Å². The van der Waals surface area contributed by atoms with Crippen LogP contribution in [0, 0.1) is 17.0 Å². The molecule has 0 unspecified atom stereocenters. The van der Waals surface area contributed by atoms with E-state index in [0.717, 1.165) is 6.07 Å². The van der Waals surface area contributed by atoms with Crippen LogP contribution in [0.1, 0.15) is 5.69 Å². The van der Waals surface area contributed by atoms with E-state index in [-0.39, 0.29) is 16.4 Å². The van der Waals surface area contributed by atoms with Crippen LogP contribution in [0.5, 0.6) is 0 Å². The predicted molar refractivity (Wildman–Crippen MR) is 71.8 cm³/mol. The lowest BCUT2D eigenvalue weighted by Crippen LogP contribution is -2.15. The van der Waals surface area contributed by atoms with Crippen molar-refractivity contribution in [2.75, 3.05) is 4.72 Å². The van der Waals surface area contributed by atoms with Crippen molar-refractivity contribution in [1.82, 2.24) is 9.78 Å². The molecular formula is C11H12N4O4S. The predicted octanol–water partition coefficient (Wildman–Crippen LogP) is 1.44. The molecule has 0 saturated heterocycles. The van der Waals surface area contributed by atoms with Crippen LogP contribution >= 0.6 is 0 Å². The van der Waals surface area contributed by atoms with Crippen LogP contribution in [0.4, 0.5) is 11.5 Å². The summed E-state index contributed by atoms with van der Waals surface area (Å²) in [5.74, 6) is 0.286. The van der Waals surface area contributed by atoms with Gasteiger partial charge in [0.05, 0.1) is 15.5 Å². The number of aromatic nitrogens is 2. The number of non-ortho nitro benzene ring substituents is 1. The van der Waals surface area contributed by atoms with Gasteiger partial charge in [-0.3, -0.25) is 19.5 Å². The molecule has 1 aromatic carbocycles. The van der Waals surface area contributed by atoms with Gasteiger partial charge < -0.3 is 0 Å². The van der Waals surface area contributed by atoms with Crippen LogP contribution in [0.15, 0.2) is 35.2 Å². The first-order valence-corrected chi connectivity index (χ1v) is 7.06. The number of aryl methyl sites for hydroxylation is 2. The molecule has 0 radical (unpaired) electrons. The number of hydrogen-bond acceptors (Lipinski definition) is 5. The Hall–Kier alpha value is -2.42. The number of anilines is 1. The summed E-state index contributed by atoms with van der Waals surface area (Å²) in [4.78, 5) is 9.85. The van der Waals surface area contributed by atoms with Crippen LogP contribution in [0.2, 0.25) is 0 Å². The lowest BCUT2D eigenvalue weighted by Gasteiger charge is -2.07. The highest BCUT2D eigenvalue weighted by atomic mass is 32.2. The second kappa shape index (κ2) is 4.93. The Bertz CT molecular complexity index is 766. The maximum absolute atomic E-state index is 12.2. The summed E-state index contributed by atoms with van der Waals surface area (Å²) in [6, 6.07) is 6.41. The molecule has 106 valence electrons. The summed E-state index contributed by atoms with van der Waals surface area (Å²) in [5.41, 5.74) is 0.373. The minimum atomic E-state index is -3.89. The van der Waals surface area contributed by atoms with E-state index in [2.05, 4.69) is 9.82 Å². The monoisotopic (exact) mass is 296 g/mol. The van der Waals surface area contributed by atoms with Gasteiger partial charge in [0.25, 0.3) is 15.7 Å². The molecule has 0 fully saturated rings. The molecule has 0 spiro atoms. The number of hydrogen-bond donors (Lipinski definition) is 1. The molecule has 8 nitrogen and oxygen atoms in total. The Balaban J connectivity index is 2.38. The zero-order valence-corrected chi connectivity index (χ0v) is 11.6. The quantitative estimate of drug-likeness (QED) is 0.678. The summed E-state index contributed by atoms with van der Waals surface area (Å²) in [5, 5.41) is 14.7. The second-order valence-electron chi connectivity index (χ2n) is 4.15. The van der Waals surface area contributed by atoms with E-state index in [1.807, 2.05) is 0 Å². The standard InChI is InChI=1S/C11H12N4O4S/c1-8-6-11(14(2)12-8)13-20(18,19)10-5-3-4-9(7-10)15(16)17/h3-7,13H,1-2H3. The highest BCUT2D eigenvalue weighted by molar-refractivity contribution is 7.92. The average molecular weight is 296 g/mol. The number of nitro benzene ring substituents is 1. The third-order valence-electron chi connectivity index (χ3n) is 2.58. The second-order valence-corrected chi connectivity index (χ2v) is 5.84. The largest absolute Gasteiger partial charge is 0.270 e. The van der Waals surface area contributed by atoms with Crippen LogP contribution in [0.25, 0.3) is 0 Å². The highest BCUT2D eigenvalue weighted by Gasteiger charge is 2.19. The number of sulfonamides is 1. The smallest absolute Gasteiger partial charge is 0.264 e. The fourth-order valence-corrected chi connectivity index (χ4v) is 2.78. The van der Waals surface area contributed by atoms with Gasteiger partial charge in [-0.2, -0.15) is 5.10 Å². The Labute approximate surface area is 115 Å². The molecule has 2 aromatic rings. The summed E-state index contributed by atoms with van der Waals surface area (Å²) in [6.07, 6.45) is 0. The Morgan fingerprint density at radius 2 is 2.05 bits per heavy atom. The molecule has 1 heterocycles. The number of nitro groups is 1. The topological polar surface area (TPSA) is 107 Å². The van der Waals surface area contributed by atoms with E-state index >= 15 is 0 Å². The summed E-state index contributed by atoms with van der Waals surface area (Å²) >= 11 is 0. The lowest BCUT2D eigenvalue weighted by atomic mass is 10.3. The first kappa shape index (κ1) is 14.0. The first-order chi connectivity index (χ1) is 9.29. The molecule has 0 aliphatic carbocycles. The molecule has 0 atom stereocenters. The van der Waals surface area contributed by atoms with Gasteiger partial charge in [0.1, 0.15) is 5.82 Å². The molecule has 2 rings (SSSR count). The summed E-state index contributed by atoms with van der Waals surface area (Å²) in [6.45, 7) is 1.73. The zero-order valence-electron chi connectivity index (χ0n) is 10.8. The minimum Gasteiger partial charge on any atom is -0.264 e. The summed E-state index contributed by atoms with van der Waals surface area (Å²) in [7, 11) is -2.30. The van der Waals surface area contributed by atoms with Crippen molar-refractivity contribution in [2.24, 2.45) is 7.05 Å². The van der Waals surface area contributed by atoms with Gasteiger partial charge in [-0.05, 0) is 13.0 Å². The third kappa shape index (κ3) is 2.77. The van der Waals surface area contributed by atoms with Crippen LogP contribution in [0.3, 0.4) is 0 Å². The van der Waals surface area contributed by atoms with Crippen molar-refractivity contribution < 1.29 is 13.3 Å². The molecule has 1 N–H and O–H groups in total. The molecular weight excluding hydrogens is 284 g/mol. The maximum Gasteiger partial charge on any atom is 0.270 e. The minimum absolute atomic E-state index is 0.175. The molecule has 20 heavy (non-hydrogen) atoms. The van der Waals surface area contributed by atoms with Crippen LogP contribution in [-0.4, -0.2) is 23.1 Å². The van der Waals surface area contributed by atoms with Gasteiger partial charge in [0.15, 0.2) is 0 Å². The SMILES string of the molecule is Cc1cc(NS(=O)(=O)c2cccc([N+](=O)[O-])c2)n(C)n1. The Kier molecular flexibility index (Phi) is 3.45. The number of benzene rings is 1. The van der Waals surface area contributed by atoms with E-state index in [1.165, 1.54) is 22.9 Å². The van der Waals surface area contributed by atoms with Gasteiger partial charge in [0.2, 0.25) is 0 Å². The molecule has 0 aliphatic rings. The third-order valence-corrected chi connectivity index (χ3v) is 3.93. The van der Waals surface area contributed by atoms with Crippen LogP contribution in [-0.2, 0) is 17.1 Å². The van der Waals surface area contributed by atoms with Gasteiger partial charge in [-0.25, -0.2) is 8.42 Å². The van der Waals surface area contributed by atoms with Gasteiger partial charge in [-0.15, -0.1) is 0 Å². The van der Waals surface area contributed by atoms with Crippen molar-refractivity contribution in [3.05, 3.63) is 46.1 Å². The van der Waals surface area contributed by atoms with Crippen molar-refractivity contribution in [2.45, 2.75) is 11.8 Å². The van der Waals surface area contributed by atoms with Crippen molar-refractivity contribution in [3.8, 4) is 0 Å². The molecule has 9 heteroatoms. The average Bonchev–Trinajstić information content (AvgIpc) is 2.67. The fourth-order valence-electron chi connectivity index (χ4n) is 1.67. The zero-order chi connectivity index (χ0) is 14.9. The molecule has 0 bridgehead atoms. The van der Waals surface area contributed by atoms with Gasteiger partial charge in [0, 0.05) is 25.2 Å². The normalized spacial score (nSPS) is 11.3. The van der Waals surface area contributed by atoms with E-state index in [0.29, 0.717) is 5.69 Å². The van der Waals surface area contributed by atoms with E-state index in [1.54, 1.807) is 20.0 Å². The van der Waals surface area contributed by atoms with Crippen molar-refractivity contribution in [3.63, 3.8) is 0 Å². The van der Waals surface area contributed by atoms with E-state index in [4.69, 9.17) is 0 Å². The number of nitrogens with one attached hydrogen (secondary N) is 1. The molecule has 0 saturated carbocycles. The number of rotatable bonds is 4. The highest BCUT2D eigenvalue weighted by Crippen LogP contribution is 2.20. The van der Waals surface area contributed by atoms with E-state index in [9.17, 15) is 18.5 Å². The Morgan fingerprint density at radius 1 is 1.35 bits per heavy atom. The first-order valence-electron chi connectivity index (χ1n) is 5.57. The Morgan fingerprint density at radius 3 is 2.60 bits per heavy atom.